The van der Waals surface area contributed by atoms with Gasteiger partial charge in [-0.3, -0.25) is 4.79 Å². The molecule has 3 rings (SSSR count). The average molecular weight is 391 g/mol. The van der Waals surface area contributed by atoms with Gasteiger partial charge in [-0.15, -0.1) is 10.2 Å². The summed E-state index contributed by atoms with van der Waals surface area (Å²) in [6.45, 7) is 1.92. The molecule has 8 heteroatoms. The monoisotopic (exact) mass is 390 g/mol. The Kier molecular flexibility index (Phi) is 6.34. The van der Waals surface area contributed by atoms with Crippen molar-refractivity contribution in [3.05, 3.63) is 41.0 Å². The molecular formula is C19H23ClN4O3. The molecule has 2 aromatic rings. The minimum absolute atomic E-state index is 0.0383. The number of ether oxygens (including phenoxy) is 2. The van der Waals surface area contributed by atoms with Gasteiger partial charge in [0, 0.05) is 19.6 Å². The number of rotatable bonds is 6. The van der Waals surface area contributed by atoms with E-state index in [1.807, 2.05) is 24.3 Å². The Morgan fingerprint density at radius 3 is 2.74 bits per heavy atom. The molecule has 0 radical (unpaired) electrons. The second-order valence-electron chi connectivity index (χ2n) is 6.41. The molecule has 0 saturated carbocycles. The van der Waals surface area contributed by atoms with Gasteiger partial charge in [-0.05, 0) is 42.7 Å². The lowest BCUT2D eigenvalue weighted by Gasteiger charge is -2.32. The van der Waals surface area contributed by atoms with Gasteiger partial charge in [0.25, 0.3) is 0 Å². The van der Waals surface area contributed by atoms with Gasteiger partial charge in [0.05, 0.1) is 20.1 Å². The Bertz CT molecular complexity index is 785. The van der Waals surface area contributed by atoms with Crippen molar-refractivity contribution in [3.63, 3.8) is 0 Å². The maximum absolute atomic E-state index is 12.6. The molecule has 1 aliphatic rings. The van der Waals surface area contributed by atoms with Gasteiger partial charge in [0.1, 0.15) is 0 Å². The van der Waals surface area contributed by atoms with Gasteiger partial charge in [-0.1, -0.05) is 17.7 Å². The fourth-order valence-electron chi connectivity index (χ4n) is 3.20. The lowest BCUT2D eigenvalue weighted by Crippen LogP contribution is -2.43. The number of anilines is 1. The van der Waals surface area contributed by atoms with E-state index in [1.54, 1.807) is 20.3 Å². The molecule has 144 valence electrons. The number of benzene rings is 1. The summed E-state index contributed by atoms with van der Waals surface area (Å²) in [6, 6.07) is 9.17. The van der Waals surface area contributed by atoms with Crippen LogP contribution in [0.3, 0.4) is 0 Å². The van der Waals surface area contributed by atoms with Gasteiger partial charge in [0.15, 0.2) is 22.5 Å². The van der Waals surface area contributed by atoms with Crippen LogP contribution in [0.2, 0.25) is 5.15 Å². The molecule has 0 spiro atoms. The zero-order valence-electron chi connectivity index (χ0n) is 15.4. The van der Waals surface area contributed by atoms with Crippen LogP contribution in [-0.4, -0.2) is 43.4 Å². The maximum Gasteiger partial charge on any atom is 0.225 e. The van der Waals surface area contributed by atoms with E-state index in [2.05, 4.69) is 20.4 Å². The summed E-state index contributed by atoms with van der Waals surface area (Å²) in [5.74, 6) is 2.01. The second kappa shape index (κ2) is 8.90. The second-order valence-corrected chi connectivity index (χ2v) is 6.79. The van der Waals surface area contributed by atoms with Crippen molar-refractivity contribution in [3.8, 4) is 11.5 Å². The van der Waals surface area contributed by atoms with E-state index in [9.17, 15) is 4.79 Å². The maximum atomic E-state index is 12.6. The number of nitrogens with one attached hydrogen (secondary N) is 1. The molecule has 1 aromatic heterocycles. The highest BCUT2D eigenvalue weighted by Gasteiger charge is 2.26. The van der Waals surface area contributed by atoms with E-state index in [0.29, 0.717) is 29.7 Å². The van der Waals surface area contributed by atoms with Crippen molar-refractivity contribution in [2.45, 2.75) is 19.4 Å². The summed E-state index contributed by atoms with van der Waals surface area (Å²) in [5, 5.41) is 11.4. The van der Waals surface area contributed by atoms with Gasteiger partial charge in [-0.2, -0.15) is 0 Å². The van der Waals surface area contributed by atoms with Crippen LogP contribution in [0.15, 0.2) is 30.3 Å². The number of aromatic nitrogens is 2. The highest BCUT2D eigenvalue weighted by molar-refractivity contribution is 6.29. The molecule has 1 N–H and O–H groups in total. The first-order chi connectivity index (χ1) is 13.1. The third kappa shape index (κ3) is 4.80. The van der Waals surface area contributed by atoms with Crippen LogP contribution in [0, 0.1) is 5.92 Å². The van der Waals surface area contributed by atoms with Crippen LogP contribution in [0.25, 0.3) is 0 Å². The van der Waals surface area contributed by atoms with Crippen LogP contribution in [0.1, 0.15) is 18.4 Å². The molecule has 1 amide bonds. The Balaban J connectivity index is 1.58. The molecule has 1 saturated heterocycles. The largest absolute Gasteiger partial charge is 0.493 e. The Morgan fingerprint density at radius 2 is 2.04 bits per heavy atom. The number of amides is 1. The number of carbonyl (C=O) groups excluding carboxylic acids is 1. The van der Waals surface area contributed by atoms with Gasteiger partial charge in [-0.25, -0.2) is 0 Å². The zero-order valence-corrected chi connectivity index (χ0v) is 16.2. The predicted octanol–water partition coefficient (Wildman–Crippen LogP) is 2.68. The van der Waals surface area contributed by atoms with E-state index < -0.39 is 0 Å². The first kappa shape index (κ1) is 19.2. The summed E-state index contributed by atoms with van der Waals surface area (Å²) in [6.07, 6.45) is 1.79. The average Bonchev–Trinajstić information content (AvgIpc) is 2.72. The molecular weight excluding hydrogens is 368 g/mol. The highest BCUT2D eigenvalue weighted by Crippen LogP contribution is 2.27. The van der Waals surface area contributed by atoms with Crippen molar-refractivity contribution in [2.24, 2.45) is 5.92 Å². The fourth-order valence-corrected chi connectivity index (χ4v) is 3.30. The topological polar surface area (TPSA) is 76.6 Å². The lowest BCUT2D eigenvalue weighted by molar-refractivity contribution is -0.125. The highest BCUT2D eigenvalue weighted by atomic mass is 35.5. The van der Waals surface area contributed by atoms with Crippen LogP contribution < -0.4 is 19.7 Å². The van der Waals surface area contributed by atoms with Crippen molar-refractivity contribution in [1.29, 1.82) is 0 Å². The quantitative estimate of drug-likeness (QED) is 0.817. The zero-order chi connectivity index (χ0) is 19.2. The molecule has 7 nitrogen and oxygen atoms in total. The number of piperidine rings is 1. The third-order valence-electron chi connectivity index (χ3n) is 4.65. The van der Waals surface area contributed by atoms with E-state index in [1.165, 1.54) is 0 Å². The van der Waals surface area contributed by atoms with E-state index in [4.69, 9.17) is 21.1 Å². The number of carbonyl (C=O) groups is 1. The van der Waals surface area contributed by atoms with E-state index >= 15 is 0 Å². The Labute approximate surface area is 163 Å². The number of halogens is 1. The first-order valence-corrected chi connectivity index (χ1v) is 9.21. The number of hydrogen-bond donors (Lipinski definition) is 1. The van der Waals surface area contributed by atoms with Crippen molar-refractivity contribution >= 4 is 23.3 Å². The molecule has 0 aliphatic carbocycles. The summed E-state index contributed by atoms with van der Waals surface area (Å²) < 4.78 is 10.5. The van der Waals surface area contributed by atoms with Crippen molar-refractivity contribution < 1.29 is 14.3 Å². The van der Waals surface area contributed by atoms with Crippen molar-refractivity contribution in [1.82, 2.24) is 15.5 Å². The molecule has 0 unspecified atom stereocenters. The number of hydrogen-bond acceptors (Lipinski definition) is 6. The molecule has 1 atom stereocenters. The first-order valence-electron chi connectivity index (χ1n) is 8.83. The predicted molar refractivity (Wildman–Crippen MR) is 103 cm³/mol. The minimum atomic E-state index is -0.0867. The minimum Gasteiger partial charge on any atom is -0.493 e. The van der Waals surface area contributed by atoms with E-state index in [0.717, 1.165) is 30.8 Å². The standard InChI is InChI=1S/C19H23ClN4O3/c1-26-15-6-5-13(10-16(15)27-2)11-21-19(25)14-4-3-9-24(12-14)18-8-7-17(20)22-23-18/h5-8,10,14H,3-4,9,11-12H2,1-2H3,(H,21,25)/t14-/m1/s1. The van der Waals surface area contributed by atoms with E-state index in [-0.39, 0.29) is 11.8 Å². The molecule has 0 bridgehead atoms. The Hall–Kier alpha value is -2.54. The van der Waals surface area contributed by atoms with Gasteiger partial charge < -0.3 is 19.7 Å². The number of methoxy groups -OCH3 is 2. The summed E-state index contributed by atoms with van der Waals surface area (Å²) in [7, 11) is 3.19. The smallest absolute Gasteiger partial charge is 0.225 e. The summed E-state index contributed by atoms with van der Waals surface area (Å²) in [4.78, 5) is 14.7. The van der Waals surface area contributed by atoms with Crippen molar-refractivity contribution in [2.75, 3.05) is 32.2 Å². The van der Waals surface area contributed by atoms with Crippen LogP contribution in [0.4, 0.5) is 5.82 Å². The van der Waals surface area contributed by atoms with Gasteiger partial charge in [0.2, 0.25) is 5.91 Å². The molecule has 27 heavy (non-hydrogen) atoms. The lowest BCUT2D eigenvalue weighted by atomic mass is 9.97. The summed E-state index contributed by atoms with van der Waals surface area (Å²) >= 11 is 5.80. The fraction of sp³-hybridized carbons (Fsp3) is 0.421. The molecule has 1 fully saturated rings. The summed E-state index contributed by atoms with van der Waals surface area (Å²) in [5.41, 5.74) is 0.956. The van der Waals surface area contributed by atoms with Crippen LogP contribution in [0.5, 0.6) is 11.5 Å². The van der Waals surface area contributed by atoms with Crippen LogP contribution in [-0.2, 0) is 11.3 Å². The van der Waals surface area contributed by atoms with Crippen LogP contribution >= 0.6 is 11.6 Å². The number of nitrogens with zero attached hydrogens (tertiary/aromatic N) is 3. The molecule has 1 aliphatic heterocycles. The van der Waals surface area contributed by atoms with Gasteiger partial charge >= 0.3 is 0 Å². The molecule has 2 heterocycles. The normalized spacial score (nSPS) is 16.7. The Morgan fingerprint density at radius 1 is 1.22 bits per heavy atom. The molecule has 1 aromatic carbocycles. The SMILES string of the molecule is COc1ccc(CNC(=O)[C@@H]2CCCN(c3ccc(Cl)nn3)C2)cc1OC. The third-order valence-corrected chi connectivity index (χ3v) is 4.85.